The van der Waals surface area contributed by atoms with Crippen LogP contribution in [0.4, 0.5) is 5.69 Å². The number of β-amino-alcohol motifs (C(OH)–C–C–N with tert-alkyl or cyclic N) is 1. The Labute approximate surface area is 119 Å². The summed E-state index contributed by atoms with van der Waals surface area (Å²) in [4.78, 5) is 2.14. The van der Waals surface area contributed by atoms with Gasteiger partial charge in [0.15, 0.2) is 0 Å². The summed E-state index contributed by atoms with van der Waals surface area (Å²) in [5, 5.41) is 22.6. The zero-order valence-electron chi connectivity index (χ0n) is 11.8. The second-order valence-electron chi connectivity index (χ2n) is 4.93. The fourth-order valence-electron chi connectivity index (χ4n) is 2.54. The van der Waals surface area contributed by atoms with E-state index < -0.39 is 6.10 Å². The minimum absolute atomic E-state index is 0.343. The number of aliphatic hydroxyl groups excluding tert-OH is 1. The molecule has 1 aliphatic heterocycles. The van der Waals surface area contributed by atoms with Gasteiger partial charge in [0.25, 0.3) is 0 Å². The average Bonchev–Trinajstić information content (AvgIpc) is 2.65. The van der Waals surface area contributed by atoms with Crippen molar-refractivity contribution in [2.75, 3.05) is 31.2 Å². The maximum Gasteiger partial charge on any atom is 0.0947 e. The Hall–Kier alpha value is -1.59. The summed E-state index contributed by atoms with van der Waals surface area (Å²) >= 11 is 0. The summed E-state index contributed by atoms with van der Waals surface area (Å²) in [6.45, 7) is 4.22. The van der Waals surface area contributed by atoms with Gasteiger partial charge in [-0.25, -0.2) is 0 Å². The van der Waals surface area contributed by atoms with Crippen molar-refractivity contribution < 1.29 is 15.1 Å². The third kappa shape index (κ3) is 3.49. The Bertz CT molecular complexity index is 462. The highest BCUT2D eigenvalue weighted by atomic mass is 16.5. The van der Waals surface area contributed by atoms with Crippen molar-refractivity contribution in [3.8, 4) is 0 Å². The molecule has 1 aromatic carbocycles. The van der Waals surface area contributed by atoms with E-state index >= 15 is 0 Å². The molecule has 0 aliphatic carbocycles. The van der Waals surface area contributed by atoms with Gasteiger partial charge in [0, 0.05) is 30.9 Å². The van der Waals surface area contributed by atoms with E-state index in [9.17, 15) is 5.11 Å². The van der Waals surface area contributed by atoms with Gasteiger partial charge in [-0.15, -0.1) is 0 Å². The molecule has 1 unspecified atom stereocenters. The topological polar surface area (TPSA) is 65.3 Å². The number of hydrogen-bond acceptors (Lipinski definition) is 5. The SMILES string of the molecule is CCOCC(O)CN1CCC/C(=N/O)c2ccccc21. The van der Waals surface area contributed by atoms with Gasteiger partial charge in [0.05, 0.1) is 18.4 Å². The first-order valence-electron chi connectivity index (χ1n) is 7.07. The molecule has 0 aromatic heterocycles. The van der Waals surface area contributed by atoms with Crippen LogP contribution in [-0.4, -0.2) is 48.4 Å². The van der Waals surface area contributed by atoms with E-state index in [4.69, 9.17) is 9.94 Å². The van der Waals surface area contributed by atoms with Gasteiger partial charge in [-0.2, -0.15) is 0 Å². The monoisotopic (exact) mass is 278 g/mol. The van der Waals surface area contributed by atoms with E-state index in [0.29, 0.717) is 25.5 Å². The number of oxime groups is 1. The van der Waals surface area contributed by atoms with Crippen molar-refractivity contribution in [2.24, 2.45) is 5.16 Å². The lowest BCUT2D eigenvalue weighted by Gasteiger charge is -2.27. The van der Waals surface area contributed by atoms with Crippen molar-refractivity contribution in [3.05, 3.63) is 29.8 Å². The van der Waals surface area contributed by atoms with Gasteiger partial charge in [-0.05, 0) is 25.8 Å². The summed E-state index contributed by atoms with van der Waals surface area (Å²) in [6, 6.07) is 7.85. The second-order valence-corrected chi connectivity index (χ2v) is 4.93. The van der Waals surface area contributed by atoms with Crippen LogP contribution in [0.2, 0.25) is 0 Å². The van der Waals surface area contributed by atoms with Gasteiger partial charge in [0.1, 0.15) is 0 Å². The number of anilines is 1. The van der Waals surface area contributed by atoms with Crippen LogP contribution in [-0.2, 0) is 4.74 Å². The Kier molecular flexibility index (Phi) is 5.38. The highest BCUT2D eigenvalue weighted by molar-refractivity contribution is 6.05. The minimum Gasteiger partial charge on any atom is -0.411 e. The number of fused-ring (bicyclic) bond motifs is 1. The molecule has 1 aromatic rings. The van der Waals surface area contributed by atoms with Gasteiger partial charge < -0.3 is 20.0 Å². The third-order valence-electron chi connectivity index (χ3n) is 3.46. The maximum absolute atomic E-state index is 10.0. The number of para-hydroxylation sites is 1. The molecule has 0 bridgehead atoms. The molecule has 0 fully saturated rings. The molecule has 0 radical (unpaired) electrons. The maximum atomic E-state index is 10.0. The molecule has 5 nitrogen and oxygen atoms in total. The number of ether oxygens (including phenoxy) is 1. The van der Waals surface area contributed by atoms with E-state index in [1.807, 2.05) is 31.2 Å². The second kappa shape index (κ2) is 7.26. The number of hydrogen-bond donors (Lipinski definition) is 2. The molecule has 110 valence electrons. The lowest BCUT2D eigenvalue weighted by molar-refractivity contribution is 0.0463. The van der Waals surface area contributed by atoms with Crippen LogP contribution in [0.5, 0.6) is 0 Å². The van der Waals surface area contributed by atoms with Gasteiger partial charge in [-0.3, -0.25) is 0 Å². The van der Waals surface area contributed by atoms with Crippen molar-refractivity contribution in [1.29, 1.82) is 0 Å². The molecule has 2 N–H and O–H groups in total. The average molecular weight is 278 g/mol. The van der Waals surface area contributed by atoms with E-state index in [1.165, 1.54) is 0 Å². The van der Waals surface area contributed by atoms with Gasteiger partial charge >= 0.3 is 0 Å². The first-order valence-corrected chi connectivity index (χ1v) is 7.07. The minimum atomic E-state index is -0.518. The Morgan fingerprint density at radius 3 is 2.95 bits per heavy atom. The van der Waals surface area contributed by atoms with Crippen LogP contribution >= 0.6 is 0 Å². The summed E-state index contributed by atoms with van der Waals surface area (Å²) in [5.74, 6) is 0. The predicted molar refractivity (Wildman–Crippen MR) is 78.7 cm³/mol. The van der Waals surface area contributed by atoms with E-state index in [1.54, 1.807) is 0 Å². The van der Waals surface area contributed by atoms with Crippen LogP contribution in [0, 0.1) is 0 Å². The van der Waals surface area contributed by atoms with Gasteiger partial charge in [0.2, 0.25) is 0 Å². The normalized spacial score (nSPS) is 18.7. The molecule has 5 heteroatoms. The van der Waals surface area contributed by atoms with Crippen LogP contribution in [0.25, 0.3) is 0 Å². The number of rotatable bonds is 5. The van der Waals surface area contributed by atoms with Crippen molar-refractivity contribution in [3.63, 3.8) is 0 Å². The molecule has 1 heterocycles. The van der Waals surface area contributed by atoms with E-state index in [0.717, 1.165) is 30.6 Å². The zero-order valence-corrected chi connectivity index (χ0v) is 11.8. The van der Waals surface area contributed by atoms with Crippen LogP contribution in [0.1, 0.15) is 25.3 Å². The highest BCUT2D eigenvalue weighted by Gasteiger charge is 2.21. The molecule has 0 saturated heterocycles. The third-order valence-corrected chi connectivity index (χ3v) is 3.46. The Morgan fingerprint density at radius 1 is 1.40 bits per heavy atom. The number of benzene rings is 1. The molecular weight excluding hydrogens is 256 g/mol. The summed E-state index contributed by atoms with van der Waals surface area (Å²) < 4.78 is 5.26. The zero-order chi connectivity index (χ0) is 14.4. The predicted octanol–water partition coefficient (Wildman–Crippen LogP) is 1.86. The van der Waals surface area contributed by atoms with Crippen LogP contribution in [0.15, 0.2) is 29.4 Å². The lowest BCUT2D eigenvalue weighted by atomic mass is 10.1. The number of aliphatic hydroxyl groups is 1. The number of nitrogens with zero attached hydrogens (tertiary/aromatic N) is 2. The summed E-state index contributed by atoms with van der Waals surface area (Å²) in [6.07, 6.45) is 1.12. The van der Waals surface area contributed by atoms with E-state index in [-0.39, 0.29) is 0 Å². The molecule has 1 atom stereocenters. The van der Waals surface area contributed by atoms with Crippen molar-refractivity contribution >= 4 is 11.4 Å². The summed E-state index contributed by atoms with van der Waals surface area (Å²) in [7, 11) is 0. The first kappa shape index (κ1) is 14.8. The lowest BCUT2D eigenvalue weighted by Crippen LogP contribution is -2.35. The molecule has 0 saturated carbocycles. The fourth-order valence-corrected chi connectivity index (χ4v) is 2.54. The largest absolute Gasteiger partial charge is 0.411 e. The van der Waals surface area contributed by atoms with E-state index in [2.05, 4.69) is 10.1 Å². The first-order chi connectivity index (χ1) is 9.76. The quantitative estimate of drug-likeness (QED) is 0.637. The van der Waals surface area contributed by atoms with Gasteiger partial charge in [-0.1, -0.05) is 23.4 Å². The molecular formula is C15H22N2O3. The fraction of sp³-hybridized carbons (Fsp3) is 0.533. The molecule has 20 heavy (non-hydrogen) atoms. The molecule has 0 spiro atoms. The smallest absolute Gasteiger partial charge is 0.0947 e. The standard InChI is InChI=1S/C15H22N2O3/c1-2-20-11-12(18)10-17-9-5-7-14(16-19)13-6-3-4-8-15(13)17/h3-4,6,8,12,18-19H,2,5,7,9-11H2,1H3/b16-14-. The summed E-state index contributed by atoms with van der Waals surface area (Å²) in [5.41, 5.74) is 2.66. The molecule has 1 aliphatic rings. The molecule has 0 amide bonds. The molecule has 2 rings (SSSR count). The van der Waals surface area contributed by atoms with Crippen molar-refractivity contribution in [2.45, 2.75) is 25.9 Å². The Morgan fingerprint density at radius 2 is 2.20 bits per heavy atom. The van der Waals surface area contributed by atoms with Crippen molar-refractivity contribution in [1.82, 2.24) is 0 Å². The highest BCUT2D eigenvalue weighted by Crippen LogP contribution is 2.26. The van der Waals surface area contributed by atoms with Crippen LogP contribution < -0.4 is 4.90 Å². The van der Waals surface area contributed by atoms with Crippen LogP contribution in [0.3, 0.4) is 0 Å². The Balaban J connectivity index is 2.17.